The highest BCUT2D eigenvalue weighted by atomic mass is 16.2. The molecule has 0 unspecified atom stereocenters. The van der Waals surface area contributed by atoms with E-state index in [1.807, 2.05) is 25.1 Å². The van der Waals surface area contributed by atoms with E-state index in [0.29, 0.717) is 16.9 Å². The molecule has 0 atom stereocenters. The van der Waals surface area contributed by atoms with E-state index in [9.17, 15) is 14.4 Å². The Hall–Kier alpha value is -3.43. The molecule has 3 aromatic heterocycles. The van der Waals surface area contributed by atoms with Crippen LogP contribution in [0.25, 0.3) is 11.2 Å². The molecule has 3 rings (SSSR count). The molecule has 1 N–H and O–H groups in total. The predicted molar refractivity (Wildman–Crippen MR) is 102 cm³/mol. The zero-order chi connectivity index (χ0) is 19.7. The fourth-order valence-corrected chi connectivity index (χ4v) is 2.74. The van der Waals surface area contributed by atoms with E-state index in [1.165, 1.54) is 17.9 Å². The standard InChI is InChI=1S/C17H21N7O3/c1-21(2)12-6-5-11(9-18-12)20-13(25)7-8-24-10-19-15-14(24)16(26)23(4)17(27)22(15)3/h5-6,9-10H,7-8H2,1-4H3,(H,20,25). The summed E-state index contributed by atoms with van der Waals surface area (Å²) in [4.78, 5) is 46.8. The third-order valence-electron chi connectivity index (χ3n) is 4.29. The average molecular weight is 371 g/mol. The number of amides is 1. The van der Waals surface area contributed by atoms with Crippen LogP contribution >= 0.6 is 0 Å². The first-order chi connectivity index (χ1) is 12.8. The summed E-state index contributed by atoms with van der Waals surface area (Å²) in [6.45, 7) is 0.263. The van der Waals surface area contributed by atoms with Gasteiger partial charge in [-0.2, -0.15) is 0 Å². The van der Waals surface area contributed by atoms with Gasteiger partial charge in [-0.05, 0) is 12.1 Å². The highest BCUT2D eigenvalue weighted by Gasteiger charge is 2.15. The smallest absolute Gasteiger partial charge is 0.332 e. The van der Waals surface area contributed by atoms with E-state index in [0.717, 1.165) is 10.4 Å². The molecule has 0 saturated heterocycles. The van der Waals surface area contributed by atoms with Gasteiger partial charge in [-0.1, -0.05) is 0 Å². The highest BCUT2D eigenvalue weighted by Crippen LogP contribution is 2.12. The van der Waals surface area contributed by atoms with Gasteiger partial charge in [-0.3, -0.25) is 18.7 Å². The summed E-state index contributed by atoms with van der Waals surface area (Å²) < 4.78 is 3.92. The summed E-state index contributed by atoms with van der Waals surface area (Å²) >= 11 is 0. The predicted octanol–water partition coefficient (Wildman–Crippen LogP) is -0.0765. The first-order valence-corrected chi connectivity index (χ1v) is 8.33. The lowest BCUT2D eigenvalue weighted by Crippen LogP contribution is -2.37. The Morgan fingerprint density at radius 1 is 1.15 bits per heavy atom. The number of hydrogen-bond acceptors (Lipinski definition) is 6. The topological polar surface area (TPSA) is 107 Å². The zero-order valence-electron chi connectivity index (χ0n) is 15.6. The number of nitrogens with zero attached hydrogens (tertiary/aromatic N) is 6. The molecule has 27 heavy (non-hydrogen) atoms. The molecule has 0 aromatic carbocycles. The van der Waals surface area contributed by atoms with Crippen molar-refractivity contribution in [3.63, 3.8) is 0 Å². The van der Waals surface area contributed by atoms with Crippen molar-refractivity contribution in [2.75, 3.05) is 24.3 Å². The molecule has 0 fully saturated rings. The fourth-order valence-electron chi connectivity index (χ4n) is 2.74. The minimum atomic E-state index is -0.441. The van der Waals surface area contributed by atoms with Gasteiger partial charge in [-0.15, -0.1) is 0 Å². The first kappa shape index (κ1) is 18.4. The maximum atomic E-state index is 12.4. The molecule has 3 heterocycles. The molecule has 3 aromatic rings. The number of fused-ring (bicyclic) bond motifs is 1. The van der Waals surface area contributed by atoms with Gasteiger partial charge in [0, 0.05) is 41.2 Å². The molecular weight excluding hydrogens is 350 g/mol. The molecule has 1 amide bonds. The minimum absolute atomic E-state index is 0.146. The van der Waals surface area contributed by atoms with Crippen LogP contribution in [0.5, 0.6) is 0 Å². The molecule has 10 nitrogen and oxygen atoms in total. The molecule has 142 valence electrons. The SMILES string of the molecule is CN(C)c1ccc(NC(=O)CCn2cnc3c2c(=O)n(C)c(=O)n3C)cn1. The molecule has 0 spiro atoms. The number of carbonyl (C=O) groups excluding carboxylic acids is 1. The Balaban J connectivity index is 1.74. The zero-order valence-corrected chi connectivity index (χ0v) is 15.6. The number of aryl methyl sites for hydroxylation is 2. The van der Waals surface area contributed by atoms with Crippen LogP contribution in [0, 0.1) is 0 Å². The first-order valence-electron chi connectivity index (χ1n) is 8.33. The van der Waals surface area contributed by atoms with Crippen molar-refractivity contribution >= 4 is 28.6 Å². The van der Waals surface area contributed by atoms with Crippen LogP contribution < -0.4 is 21.5 Å². The van der Waals surface area contributed by atoms with Gasteiger partial charge in [-0.25, -0.2) is 14.8 Å². The molecule has 0 aliphatic rings. The van der Waals surface area contributed by atoms with Gasteiger partial charge in [0.25, 0.3) is 5.56 Å². The summed E-state index contributed by atoms with van der Waals surface area (Å²) in [5.41, 5.74) is 0.314. The van der Waals surface area contributed by atoms with E-state index in [4.69, 9.17) is 0 Å². The Morgan fingerprint density at radius 3 is 2.52 bits per heavy atom. The summed E-state index contributed by atoms with van der Waals surface area (Å²) in [6.07, 6.45) is 3.20. The van der Waals surface area contributed by atoms with Gasteiger partial charge < -0.3 is 14.8 Å². The Morgan fingerprint density at radius 2 is 1.89 bits per heavy atom. The van der Waals surface area contributed by atoms with E-state index < -0.39 is 11.2 Å². The lowest BCUT2D eigenvalue weighted by Gasteiger charge is -2.12. The molecule has 10 heteroatoms. The van der Waals surface area contributed by atoms with Crippen LogP contribution in [0.2, 0.25) is 0 Å². The van der Waals surface area contributed by atoms with Crippen LogP contribution in [-0.4, -0.2) is 43.7 Å². The Labute approximate surface area is 154 Å². The number of imidazole rings is 1. The Kier molecular flexibility index (Phi) is 4.80. The summed E-state index contributed by atoms with van der Waals surface area (Å²) in [7, 11) is 6.74. The maximum absolute atomic E-state index is 12.4. The fraction of sp³-hybridized carbons (Fsp3) is 0.353. The third kappa shape index (κ3) is 3.46. The molecule has 0 radical (unpaired) electrons. The van der Waals surface area contributed by atoms with E-state index in [2.05, 4.69) is 15.3 Å². The number of nitrogens with one attached hydrogen (secondary N) is 1. The monoisotopic (exact) mass is 371 g/mol. The number of carbonyl (C=O) groups is 1. The van der Waals surface area contributed by atoms with Crippen molar-refractivity contribution in [2.24, 2.45) is 14.1 Å². The van der Waals surface area contributed by atoms with E-state index in [1.54, 1.807) is 23.9 Å². The third-order valence-corrected chi connectivity index (χ3v) is 4.29. The normalized spacial score (nSPS) is 11.0. The summed E-state index contributed by atoms with van der Waals surface area (Å²) in [5, 5.41) is 2.77. The lowest BCUT2D eigenvalue weighted by molar-refractivity contribution is -0.116. The number of pyridine rings is 1. The number of aromatic nitrogens is 5. The minimum Gasteiger partial charge on any atom is -0.363 e. The number of rotatable bonds is 5. The summed E-state index contributed by atoms with van der Waals surface area (Å²) in [5.74, 6) is 0.581. The van der Waals surface area contributed by atoms with Gasteiger partial charge in [0.15, 0.2) is 11.2 Å². The van der Waals surface area contributed by atoms with Crippen molar-refractivity contribution in [3.05, 3.63) is 45.5 Å². The lowest BCUT2D eigenvalue weighted by atomic mass is 10.3. The van der Waals surface area contributed by atoms with Crippen LogP contribution in [0.3, 0.4) is 0 Å². The molecule has 0 aliphatic heterocycles. The molecule has 0 saturated carbocycles. The van der Waals surface area contributed by atoms with Gasteiger partial charge in [0.2, 0.25) is 5.91 Å². The number of anilines is 2. The van der Waals surface area contributed by atoms with Crippen LogP contribution in [0.15, 0.2) is 34.2 Å². The summed E-state index contributed by atoms with van der Waals surface area (Å²) in [6, 6.07) is 3.58. The van der Waals surface area contributed by atoms with Crippen molar-refractivity contribution in [3.8, 4) is 0 Å². The second kappa shape index (κ2) is 7.06. The van der Waals surface area contributed by atoms with Crippen molar-refractivity contribution in [1.29, 1.82) is 0 Å². The quantitative estimate of drug-likeness (QED) is 0.672. The van der Waals surface area contributed by atoms with Crippen LogP contribution in [0.1, 0.15) is 6.42 Å². The van der Waals surface area contributed by atoms with E-state index in [-0.39, 0.29) is 18.9 Å². The average Bonchev–Trinajstić information content (AvgIpc) is 3.07. The van der Waals surface area contributed by atoms with E-state index >= 15 is 0 Å². The van der Waals surface area contributed by atoms with Crippen LogP contribution in [0.4, 0.5) is 11.5 Å². The molecule has 0 bridgehead atoms. The maximum Gasteiger partial charge on any atom is 0.332 e. The second-order valence-electron chi connectivity index (χ2n) is 6.41. The van der Waals surface area contributed by atoms with Crippen molar-refractivity contribution in [1.82, 2.24) is 23.7 Å². The molecule has 0 aliphatic carbocycles. The number of hydrogen-bond donors (Lipinski definition) is 1. The van der Waals surface area contributed by atoms with Crippen molar-refractivity contribution < 1.29 is 4.79 Å². The Bertz CT molecular complexity index is 1110. The van der Waals surface area contributed by atoms with Crippen LogP contribution in [-0.2, 0) is 25.4 Å². The largest absolute Gasteiger partial charge is 0.363 e. The second-order valence-corrected chi connectivity index (χ2v) is 6.41. The van der Waals surface area contributed by atoms with Gasteiger partial charge in [0.1, 0.15) is 5.82 Å². The van der Waals surface area contributed by atoms with Crippen molar-refractivity contribution in [2.45, 2.75) is 13.0 Å². The molecular formula is C17H21N7O3. The van der Waals surface area contributed by atoms with Gasteiger partial charge in [0.05, 0.1) is 18.2 Å². The van der Waals surface area contributed by atoms with Gasteiger partial charge >= 0.3 is 5.69 Å². The highest BCUT2D eigenvalue weighted by molar-refractivity contribution is 5.90.